The van der Waals surface area contributed by atoms with Crippen molar-refractivity contribution < 1.29 is 10.2 Å². The molecule has 3 N–H and O–H groups in total. The molecule has 0 amide bonds. The molecule has 4 aliphatic heterocycles. The van der Waals surface area contributed by atoms with E-state index in [1.54, 1.807) is 6.07 Å². The van der Waals surface area contributed by atoms with Crippen LogP contribution in [0.15, 0.2) is 29.8 Å². The highest BCUT2D eigenvalue weighted by Crippen LogP contribution is 2.54. The van der Waals surface area contributed by atoms with Crippen molar-refractivity contribution in [1.82, 2.24) is 9.88 Å². The third-order valence-corrected chi connectivity index (χ3v) is 6.41. The first-order valence-corrected chi connectivity index (χ1v) is 8.56. The topological polar surface area (TPSA) is 59.5 Å². The highest BCUT2D eigenvalue weighted by molar-refractivity contribution is 5.86. The summed E-state index contributed by atoms with van der Waals surface area (Å²) in [6.45, 7) is 3.42. The molecule has 0 saturated carbocycles. The summed E-state index contributed by atoms with van der Waals surface area (Å²) in [4.78, 5) is 6.21. The molecule has 4 aliphatic rings. The van der Waals surface area contributed by atoms with Gasteiger partial charge in [0.1, 0.15) is 5.75 Å². The van der Waals surface area contributed by atoms with Gasteiger partial charge in [-0.1, -0.05) is 11.6 Å². The summed E-state index contributed by atoms with van der Waals surface area (Å²) in [7, 11) is 0. The Labute approximate surface area is 147 Å². The monoisotopic (exact) mass is 346 g/mol. The second-order valence-electron chi connectivity index (χ2n) is 7.26. The number of rotatable bonds is 1. The van der Waals surface area contributed by atoms with Crippen LogP contribution in [-0.2, 0) is 6.42 Å². The Hall–Kier alpha value is -1.49. The van der Waals surface area contributed by atoms with Gasteiger partial charge in [-0.15, -0.1) is 12.4 Å². The molecule has 0 spiro atoms. The van der Waals surface area contributed by atoms with Gasteiger partial charge >= 0.3 is 0 Å². The number of aliphatic hydroxyl groups is 1. The Morgan fingerprint density at radius 1 is 1.38 bits per heavy atom. The largest absolute Gasteiger partial charge is 0.508 e. The Morgan fingerprint density at radius 2 is 2.21 bits per heavy atom. The summed E-state index contributed by atoms with van der Waals surface area (Å²) >= 11 is 0. The van der Waals surface area contributed by atoms with Crippen molar-refractivity contribution in [2.75, 3.05) is 13.2 Å². The number of aromatic hydroxyl groups is 1. The third-order valence-electron chi connectivity index (χ3n) is 6.41. The third kappa shape index (κ3) is 1.94. The van der Waals surface area contributed by atoms with E-state index in [1.807, 2.05) is 12.1 Å². The maximum absolute atomic E-state index is 9.99. The smallest absolute Gasteiger partial charge is 0.116 e. The van der Waals surface area contributed by atoms with Crippen molar-refractivity contribution in [2.24, 2.45) is 11.8 Å². The Morgan fingerprint density at radius 3 is 2.96 bits per heavy atom. The number of hydrogen-bond acceptors (Lipinski definition) is 3. The lowest BCUT2D eigenvalue weighted by atomic mass is 9.64. The van der Waals surface area contributed by atoms with Gasteiger partial charge < -0.3 is 15.2 Å². The van der Waals surface area contributed by atoms with E-state index in [2.05, 4.69) is 22.9 Å². The van der Waals surface area contributed by atoms with Crippen molar-refractivity contribution in [3.05, 3.63) is 41.1 Å². The van der Waals surface area contributed by atoms with E-state index < -0.39 is 0 Å². The highest BCUT2D eigenvalue weighted by atomic mass is 35.5. The normalized spacial score (nSPS) is 35.1. The van der Waals surface area contributed by atoms with Gasteiger partial charge in [-0.3, -0.25) is 4.90 Å². The van der Waals surface area contributed by atoms with Crippen LogP contribution in [0.25, 0.3) is 10.9 Å². The lowest BCUT2D eigenvalue weighted by Crippen LogP contribution is -2.60. The molecule has 5 heterocycles. The van der Waals surface area contributed by atoms with Crippen LogP contribution < -0.4 is 0 Å². The molecule has 5 atom stereocenters. The molecule has 4 bridgehead atoms. The van der Waals surface area contributed by atoms with Gasteiger partial charge in [0, 0.05) is 41.7 Å². The molecule has 3 saturated heterocycles. The van der Waals surface area contributed by atoms with Gasteiger partial charge in [-0.05, 0) is 49.4 Å². The Balaban J connectivity index is 0.00000146. The second kappa shape index (κ2) is 5.51. The lowest BCUT2D eigenvalue weighted by molar-refractivity contribution is -0.0503. The predicted octanol–water partition coefficient (Wildman–Crippen LogP) is 3.15. The van der Waals surface area contributed by atoms with Crippen molar-refractivity contribution in [3.8, 4) is 5.75 Å². The number of nitrogens with one attached hydrogen (secondary N) is 1. The minimum absolute atomic E-state index is 0. The van der Waals surface area contributed by atoms with Gasteiger partial charge in [0.05, 0.1) is 6.04 Å². The first-order chi connectivity index (χ1) is 11.2. The van der Waals surface area contributed by atoms with Crippen LogP contribution in [0.3, 0.4) is 0 Å². The van der Waals surface area contributed by atoms with Crippen molar-refractivity contribution in [3.63, 3.8) is 0 Å². The lowest BCUT2D eigenvalue weighted by Gasteiger charge is -2.58. The molecule has 128 valence electrons. The SMILES string of the molecule is C/C=C1/CN2[C@H]3C[C@@H]1[C@@H](CO)[C@@H]2Cc1c3[nH]c2ccc(O)cc12.Cl. The zero-order chi connectivity index (χ0) is 15.7. The fourth-order valence-corrected chi connectivity index (χ4v) is 5.35. The number of benzene rings is 1. The molecular formula is C19H23ClN2O2. The molecular weight excluding hydrogens is 324 g/mol. The Kier molecular flexibility index (Phi) is 3.68. The molecule has 2 aromatic rings. The molecule has 1 aromatic heterocycles. The molecule has 1 unspecified atom stereocenters. The van der Waals surface area contributed by atoms with E-state index in [-0.39, 0.29) is 19.0 Å². The van der Waals surface area contributed by atoms with Gasteiger partial charge in [-0.2, -0.15) is 0 Å². The van der Waals surface area contributed by atoms with Crippen LogP contribution in [0.5, 0.6) is 5.75 Å². The van der Waals surface area contributed by atoms with Crippen LogP contribution in [0.2, 0.25) is 0 Å². The van der Waals surface area contributed by atoms with Crippen LogP contribution in [0.1, 0.15) is 30.6 Å². The number of aliphatic hydroxyl groups excluding tert-OH is 1. The first kappa shape index (κ1) is 16.0. The number of allylic oxidation sites excluding steroid dienone is 1. The first-order valence-electron chi connectivity index (χ1n) is 8.56. The number of halogens is 1. The van der Waals surface area contributed by atoms with E-state index in [4.69, 9.17) is 0 Å². The molecule has 0 radical (unpaired) electrons. The minimum Gasteiger partial charge on any atom is -0.508 e. The van der Waals surface area contributed by atoms with E-state index in [1.165, 1.54) is 16.8 Å². The fraction of sp³-hybridized carbons (Fsp3) is 0.474. The highest BCUT2D eigenvalue weighted by Gasteiger charge is 2.52. The predicted molar refractivity (Wildman–Crippen MR) is 96.6 cm³/mol. The summed E-state index contributed by atoms with van der Waals surface area (Å²) in [6.07, 6.45) is 4.31. The van der Waals surface area contributed by atoms with Crippen molar-refractivity contribution >= 4 is 23.3 Å². The van der Waals surface area contributed by atoms with Crippen LogP contribution >= 0.6 is 12.4 Å². The summed E-state index contributed by atoms with van der Waals surface area (Å²) < 4.78 is 0. The number of piperidine rings is 3. The van der Waals surface area contributed by atoms with Crippen LogP contribution in [0, 0.1) is 11.8 Å². The number of aromatic nitrogens is 1. The molecule has 3 fully saturated rings. The fourth-order valence-electron chi connectivity index (χ4n) is 5.35. The molecule has 4 nitrogen and oxygen atoms in total. The molecule has 5 heteroatoms. The van der Waals surface area contributed by atoms with E-state index in [9.17, 15) is 10.2 Å². The summed E-state index contributed by atoms with van der Waals surface area (Å²) in [6, 6.07) is 6.44. The van der Waals surface area contributed by atoms with Crippen molar-refractivity contribution in [2.45, 2.75) is 31.8 Å². The molecule has 1 aromatic carbocycles. The standard InChI is InChI=1S/C19H22N2O2.ClH/c1-2-10-8-21-17-7-14-13-5-11(23)3-4-16(13)20-19(14)18(21)6-12(10)15(17)9-22;/h2-5,12,15,17-18,20,22-23H,6-9H2,1H3;1H/b10-2-;/t12-,15+,17-,18-;/m0./s1. The number of phenolic OH excluding ortho intramolecular Hbond substituents is 1. The zero-order valence-electron chi connectivity index (χ0n) is 13.7. The average Bonchev–Trinajstić information content (AvgIpc) is 2.92. The van der Waals surface area contributed by atoms with Gasteiger partial charge in [0.15, 0.2) is 0 Å². The van der Waals surface area contributed by atoms with Gasteiger partial charge in [0.25, 0.3) is 0 Å². The van der Waals surface area contributed by atoms with E-state index in [0.717, 1.165) is 30.3 Å². The number of fused-ring (bicyclic) bond motifs is 4. The maximum atomic E-state index is 9.99. The quantitative estimate of drug-likeness (QED) is 0.695. The van der Waals surface area contributed by atoms with E-state index >= 15 is 0 Å². The number of H-pyrrole nitrogens is 1. The molecule has 6 rings (SSSR count). The van der Waals surface area contributed by atoms with Crippen LogP contribution in [-0.4, -0.2) is 39.3 Å². The maximum Gasteiger partial charge on any atom is 0.116 e. The summed E-state index contributed by atoms with van der Waals surface area (Å²) in [5, 5.41) is 21.0. The summed E-state index contributed by atoms with van der Waals surface area (Å²) in [5.41, 5.74) is 5.29. The van der Waals surface area contributed by atoms with E-state index in [0.29, 0.717) is 29.7 Å². The number of hydrogen-bond donors (Lipinski definition) is 3. The summed E-state index contributed by atoms with van der Waals surface area (Å²) in [5.74, 6) is 1.17. The second-order valence-corrected chi connectivity index (χ2v) is 7.26. The van der Waals surface area contributed by atoms with Crippen molar-refractivity contribution in [1.29, 1.82) is 0 Å². The molecule has 0 aliphatic carbocycles. The Bertz CT molecular complexity index is 828. The number of phenols is 1. The number of aromatic amines is 1. The van der Waals surface area contributed by atoms with Crippen LogP contribution in [0.4, 0.5) is 0 Å². The number of nitrogens with zero attached hydrogens (tertiary/aromatic N) is 1. The average molecular weight is 347 g/mol. The minimum atomic E-state index is 0. The van der Waals surface area contributed by atoms with Gasteiger partial charge in [-0.25, -0.2) is 0 Å². The van der Waals surface area contributed by atoms with Gasteiger partial charge in [0.2, 0.25) is 0 Å². The zero-order valence-corrected chi connectivity index (χ0v) is 14.5. The molecule has 24 heavy (non-hydrogen) atoms.